The van der Waals surface area contributed by atoms with Gasteiger partial charge in [-0.3, -0.25) is 0 Å². The van der Waals surface area contributed by atoms with Gasteiger partial charge in [-0.15, -0.1) is 0 Å². The Morgan fingerprint density at radius 3 is 1.90 bits per heavy atom. The molecule has 4 heteroatoms. The molecule has 21 heavy (non-hydrogen) atoms. The van der Waals surface area contributed by atoms with Gasteiger partial charge in [-0.05, 0) is 0 Å². The third-order valence-corrected chi connectivity index (χ3v) is 20.7. The first-order chi connectivity index (χ1) is 10.2. The van der Waals surface area contributed by atoms with E-state index in [0.29, 0.717) is 0 Å². The first-order valence-electron chi connectivity index (χ1n) is 8.78. The molecule has 1 aromatic heterocycles. The number of hydrogen-bond donors (Lipinski definition) is 0. The average molecular weight is 417 g/mol. The quantitative estimate of drug-likeness (QED) is 0.478. The van der Waals surface area contributed by atoms with Crippen LogP contribution in [0.4, 0.5) is 0 Å². The fourth-order valence-corrected chi connectivity index (χ4v) is 20.2. The molecule has 1 rings (SSSR count). The topological polar surface area (TPSA) is 22.4 Å². The SMILES string of the molecule is CCC[CH2][Sn]([CH2]CCC)([CH2]CCC)[c]1cocc1CO[SiH3]. The third kappa shape index (κ3) is 5.75. The minimum absolute atomic E-state index is 0.779. The second-order valence-corrected chi connectivity index (χ2v) is 20.0. The van der Waals surface area contributed by atoms with Crippen LogP contribution in [0.5, 0.6) is 0 Å². The molecule has 0 aliphatic heterocycles. The number of unbranched alkanes of at least 4 members (excludes halogenated alkanes) is 3. The van der Waals surface area contributed by atoms with Crippen LogP contribution in [0.15, 0.2) is 16.9 Å². The van der Waals surface area contributed by atoms with Crippen molar-refractivity contribution in [3.8, 4) is 0 Å². The van der Waals surface area contributed by atoms with E-state index in [0.717, 1.165) is 17.1 Å². The molecule has 0 aliphatic carbocycles. The van der Waals surface area contributed by atoms with Crippen molar-refractivity contribution in [2.24, 2.45) is 0 Å². The van der Waals surface area contributed by atoms with Gasteiger partial charge in [-0.1, -0.05) is 0 Å². The Morgan fingerprint density at radius 2 is 1.48 bits per heavy atom. The van der Waals surface area contributed by atoms with Crippen LogP contribution >= 0.6 is 0 Å². The second kappa shape index (κ2) is 10.9. The van der Waals surface area contributed by atoms with Crippen molar-refractivity contribution < 1.29 is 8.84 Å². The zero-order valence-corrected chi connectivity index (χ0v) is 19.4. The Hall–Kier alpha value is 0.256. The van der Waals surface area contributed by atoms with Crippen LogP contribution in [0, 0.1) is 0 Å². The molecule has 1 aromatic rings. The van der Waals surface area contributed by atoms with Crippen molar-refractivity contribution in [3.05, 3.63) is 18.1 Å². The molecule has 122 valence electrons. The standard InChI is InChI=1S/C5H7O2Si.3C4H9.Sn/c8-7-4-5-1-2-6-3-5;3*1-3-4-2;/h2-3H,4H2,8H3;3*1,3-4H2,2H3;. The van der Waals surface area contributed by atoms with Crippen molar-refractivity contribution in [1.29, 1.82) is 0 Å². The fraction of sp³-hybridized carbons (Fsp3) is 0.765. The molecule has 0 saturated carbocycles. The zero-order chi connectivity index (χ0) is 15.6. The van der Waals surface area contributed by atoms with Crippen LogP contribution in [-0.2, 0) is 11.0 Å². The summed E-state index contributed by atoms with van der Waals surface area (Å²) >= 11 is -2.31. The summed E-state index contributed by atoms with van der Waals surface area (Å²) in [5.74, 6) is 0. The average Bonchev–Trinajstić information content (AvgIpc) is 2.96. The summed E-state index contributed by atoms with van der Waals surface area (Å²) in [5, 5.41) is 0. The Bertz CT molecular complexity index is 357. The molecule has 0 spiro atoms. The summed E-state index contributed by atoms with van der Waals surface area (Å²) < 4.78 is 17.3. The Morgan fingerprint density at radius 1 is 0.952 bits per heavy atom. The van der Waals surface area contributed by atoms with Crippen molar-refractivity contribution >= 4 is 32.4 Å². The summed E-state index contributed by atoms with van der Waals surface area (Å²) in [6.45, 7) is 7.76. The van der Waals surface area contributed by atoms with E-state index in [-0.39, 0.29) is 0 Å². The molecule has 0 fully saturated rings. The van der Waals surface area contributed by atoms with Crippen LogP contribution in [0.2, 0.25) is 13.3 Å². The fourth-order valence-electron chi connectivity index (χ4n) is 3.38. The second-order valence-electron chi connectivity index (χ2n) is 6.33. The molecule has 0 amide bonds. The van der Waals surface area contributed by atoms with E-state index in [2.05, 4.69) is 27.0 Å². The normalized spacial score (nSPS) is 12.1. The van der Waals surface area contributed by atoms with Crippen LogP contribution in [0.1, 0.15) is 64.9 Å². The van der Waals surface area contributed by atoms with E-state index < -0.39 is 18.4 Å². The molecule has 0 aromatic carbocycles. The number of furan rings is 1. The summed E-state index contributed by atoms with van der Waals surface area (Å²) in [6.07, 6.45) is 12.2. The molecular formula is C17H34O2SiSn. The summed E-state index contributed by atoms with van der Waals surface area (Å²) in [4.78, 5) is 0. The zero-order valence-electron chi connectivity index (χ0n) is 14.5. The molecule has 1 heterocycles. The van der Waals surface area contributed by atoms with Gasteiger partial charge in [0.1, 0.15) is 0 Å². The number of hydrogen-bond acceptors (Lipinski definition) is 2. The molecular weight excluding hydrogens is 383 g/mol. The van der Waals surface area contributed by atoms with Crippen LogP contribution in [0.3, 0.4) is 0 Å². The number of rotatable bonds is 12. The van der Waals surface area contributed by atoms with Crippen molar-refractivity contribution in [2.75, 3.05) is 0 Å². The van der Waals surface area contributed by atoms with E-state index in [1.165, 1.54) is 57.4 Å². The first kappa shape index (κ1) is 19.3. The van der Waals surface area contributed by atoms with Crippen LogP contribution in [0.25, 0.3) is 0 Å². The van der Waals surface area contributed by atoms with Gasteiger partial charge in [-0.25, -0.2) is 0 Å². The molecule has 2 nitrogen and oxygen atoms in total. The molecule has 0 atom stereocenters. The van der Waals surface area contributed by atoms with Gasteiger partial charge >= 0.3 is 139 Å². The van der Waals surface area contributed by atoms with E-state index in [1.807, 2.05) is 6.26 Å². The predicted octanol–water partition coefficient (Wildman–Crippen LogP) is 4.13. The Balaban J connectivity index is 3.06. The van der Waals surface area contributed by atoms with Gasteiger partial charge < -0.3 is 0 Å². The molecule has 0 radical (unpaired) electrons. The van der Waals surface area contributed by atoms with Gasteiger partial charge in [0, 0.05) is 0 Å². The van der Waals surface area contributed by atoms with E-state index in [4.69, 9.17) is 8.84 Å². The molecule has 0 unspecified atom stereocenters. The Kier molecular flexibility index (Phi) is 10.0. The summed E-state index contributed by atoms with van der Waals surface area (Å²) in [7, 11) is 0.811. The van der Waals surface area contributed by atoms with Gasteiger partial charge in [0.05, 0.1) is 0 Å². The van der Waals surface area contributed by atoms with Gasteiger partial charge in [0.15, 0.2) is 0 Å². The van der Waals surface area contributed by atoms with Gasteiger partial charge in [-0.2, -0.15) is 0 Å². The van der Waals surface area contributed by atoms with Crippen LogP contribution < -0.4 is 3.58 Å². The third-order valence-electron chi connectivity index (χ3n) is 4.64. The van der Waals surface area contributed by atoms with E-state index in [9.17, 15) is 0 Å². The van der Waals surface area contributed by atoms with Crippen molar-refractivity contribution in [3.63, 3.8) is 0 Å². The maximum absolute atomic E-state index is 5.63. The maximum atomic E-state index is 5.63. The molecule has 0 bridgehead atoms. The van der Waals surface area contributed by atoms with E-state index >= 15 is 0 Å². The summed E-state index contributed by atoms with van der Waals surface area (Å²) in [5.41, 5.74) is 1.38. The van der Waals surface area contributed by atoms with Crippen LogP contribution in [-0.4, -0.2) is 28.9 Å². The van der Waals surface area contributed by atoms with E-state index in [1.54, 1.807) is 3.58 Å². The first-order valence-corrected chi connectivity index (χ1v) is 17.1. The van der Waals surface area contributed by atoms with Crippen molar-refractivity contribution in [2.45, 2.75) is 79.2 Å². The predicted molar refractivity (Wildman–Crippen MR) is 98.0 cm³/mol. The molecule has 0 N–H and O–H groups in total. The van der Waals surface area contributed by atoms with Gasteiger partial charge in [0.25, 0.3) is 0 Å². The monoisotopic (exact) mass is 418 g/mol. The molecule has 0 saturated heterocycles. The van der Waals surface area contributed by atoms with Gasteiger partial charge in [0.2, 0.25) is 0 Å². The Labute approximate surface area is 138 Å². The van der Waals surface area contributed by atoms with Crippen molar-refractivity contribution in [1.82, 2.24) is 0 Å². The summed E-state index contributed by atoms with van der Waals surface area (Å²) in [6, 6.07) is 0. The molecule has 0 aliphatic rings. The minimum atomic E-state index is -2.31.